The lowest BCUT2D eigenvalue weighted by atomic mass is 9.90. The summed E-state index contributed by atoms with van der Waals surface area (Å²) in [6, 6.07) is 13.6. The Labute approximate surface area is 183 Å². The van der Waals surface area contributed by atoms with Crippen LogP contribution in [-0.2, 0) is 11.3 Å². The van der Waals surface area contributed by atoms with Crippen molar-refractivity contribution in [3.05, 3.63) is 59.4 Å². The maximum atomic E-state index is 14.7. The van der Waals surface area contributed by atoms with E-state index in [0.717, 1.165) is 23.3 Å². The van der Waals surface area contributed by atoms with Crippen molar-refractivity contribution >= 4 is 11.6 Å². The second-order valence-corrected chi connectivity index (χ2v) is 8.61. The van der Waals surface area contributed by atoms with Crippen LogP contribution in [0.15, 0.2) is 47.5 Å². The third kappa shape index (κ3) is 5.10. The lowest BCUT2D eigenvalue weighted by molar-refractivity contribution is 0.0694. The molecule has 0 amide bonds. The number of halogens is 1. The lowest BCUT2D eigenvalue weighted by Gasteiger charge is -2.38. The zero-order chi connectivity index (χ0) is 21.8. The molecule has 0 spiro atoms. The average molecular weight is 427 g/mol. The van der Waals surface area contributed by atoms with Crippen LogP contribution in [-0.4, -0.2) is 44.9 Å². The molecule has 7 heteroatoms. The van der Waals surface area contributed by atoms with Crippen LogP contribution < -0.4 is 20.3 Å². The largest absolute Gasteiger partial charge is 0.487 e. The number of hydrogen-bond acceptors (Lipinski definition) is 4. The van der Waals surface area contributed by atoms with Gasteiger partial charge in [0.05, 0.1) is 24.9 Å². The fraction of sp³-hybridized carbons (Fsp3) is 0.458. The Hall–Kier alpha value is -2.80. The lowest BCUT2D eigenvalue weighted by Crippen LogP contribution is -2.45. The van der Waals surface area contributed by atoms with E-state index in [-0.39, 0.29) is 17.5 Å². The number of aliphatic imine (C=N–C) groups is 1. The fourth-order valence-electron chi connectivity index (χ4n) is 4.20. The second kappa shape index (κ2) is 9.14. The van der Waals surface area contributed by atoms with Crippen molar-refractivity contribution in [1.82, 2.24) is 10.6 Å². The number of nitrogens with zero attached hydrogens (tertiary/aromatic N) is 2. The van der Waals surface area contributed by atoms with Crippen LogP contribution in [0.4, 0.5) is 10.1 Å². The molecule has 1 fully saturated rings. The molecule has 2 aromatic carbocycles. The van der Waals surface area contributed by atoms with Gasteiger partial charge in [0.2, 0.25) is 0 Å². The van der Waals surface area contributed by atoms with Crippen LogP contribution in [0.1, 0.15) is 37.4 Å². The zero-order valence-corrected chi connectivity index (χ0v) is 18.5. The Balaban J connectivity index is 1.41. The Morgan fingerprint density at radius 3 is 2.71 bits per heavy atom. The number of benzene rings is 2. The number of guanidine groups is 1. The van der Waals surface area contributed by atoms with E-state index >= 15 is 0 Å². The quantitative estimate of drug-likeness (QED) is 0.578. The van der Waals surface area contributed by atoms with Crippen molar-refractivity contribution < 1.29 is 13.9 Å². The molecule has 166 valence electrons. The average Bonchev–Trinajstić information content (AvgIpc) is 2.76. The molecule has 1 saturated heterocycles. The molecule has 4 rings (SSSR count). The van der Waals surface area contributed by atoms with Gasteiger partial charge in [-0.05, 0) is 37.6 Å². The number of fused-ring (bicyclic) bond motifs is 1. The van der Waals surface area contributed by atoms with Crippen molar-refractivity contribution in [3.63, 3.8) is 0 Å². The molecule has 0 bridgehead atoms. The highest BCUT2D eigenvalue weighted by atomic mass is 19.1. The third-order valence-corrected chi connectivity index (χ3v) is 5.73. The highest BCUT2D eigenvalue weighted by Gasteiger charge is 2.34. The SMILES string of the molecule is CN=C(NCc1ccc(N2CCOCC2)c(F)c1)NC1CC(C)(C)Oc2ccccc21. The van der Waals surface area contributed by atoms with Crippen LogP contribution in [0, 0.1) is 5.82 Å². The smallest absolute Gasteiger partial charge is 0.191 e. The highest BCUT2D eigenvalue weighted by Crippen LogP contribution is 2.39. The van der Waals surface area contributed by atoms with E-state index in [1.807, 2.05) is 35.2 Å². The van der Waals surface area contributed by atoms with Gasteiger partial charge in [0.1, 0.15) is 17.2 Å². The van der Waals surface area contributed by atoms with E-state index < -0.39 is 0 Å². The van der Waals surface area contributed by atoms with E-state index in [2.05, 4.69) is 35.5 Å². The Morgan fingerprint density at radius 2 is 1.97 bits per heavy atom. The van der Waals surface area contributed by atoms with Gasteiger partial charge in [0.25, 0.3) is 0 Å². The first-order valence-electron chi connectivity index (χ1n) is 10.8. The summed E-state index contributed by atoms with van der Waals surface area (Å²) in [5.41, 5.74) is 2.34. The minimum Gasteiger partial charge on any atom is -0.487 e. The van der Waals surface area contributed by atoms with Crippen LogP contribution in [0.5, 0.6) is 5.75 Å². The Kier molecular flexibility index (Phi) is 6.32. The van der Waals surface area contributed by atoms with E-state index in [0.29, 0.717) is 44.5 Å². The van der Waals surface area contributed by atoms with E-state index in [1.54, 1.807) is 13.1 Å². The summed E-state index contributed by atoms with van der Waals surface area (Å²) in [5, 5.41) is 6.82. The molecule has 1 unspecified atom stereocenters. The van der Waals surface area contributed by atoms with Crippen molar-refractivity contribution in [2.24, 2.45) is 4.99 Å². The fourth-order valence-corrected chi connectivity index (χ4v) is 4.20. The summed E-state index contributed by atoms with van der Waals surface area (Å²) in [7, 11) is 1.74. The molecule has 0 aliphatic carbocycles. The standard InChI is InChI=1S/C24H31FN4O2/c1-24(2)15-20(18-6-4-5-7-22(18)31-24)28-23(26-3)27-16-17-8-9-21(19(25)14-17)29-10-12-30-13-11-29/h4-9,14,20H,10-13,15-16H2,1-3H3,(H2,26,27,28). The monoisotopic (exact) mass is 426 g/mol. The van der Waals surface area contributed by atoms with Gasteiger partial charge in [-0.3, -0.25) is 4.99 Å². The van der Waals surface area contributed by atoms with Crippen molar-refractivity contribution in [2.75, 3.05) is 38.3 Å². The molecule has 31 heavy (non-hydrogen) atoms. The third-order valence-electron chi connectivity index (χ3n) is 5.73. The summed E-state index contributed by atoms with van der Waals surface area (Å²) in [6.45, 7) is 7.36. The Morgan fingerprint density at radius 1 is 1.19 bits per heavy atom. The molecule has 2 N–H and O–H groups in total. The van der Waals surface area contributed by atoms with E-state index in [4.69, 9.17) is 9.47 Å². The van der Waals surface area contributed by atoms with Gasteiger partial charge in [-0.2, -0.15) is 0 Å². The Bertz CT molecular complexity index is 941. The van der Waals surface area contributed by atoms with Crippen LogP contribution >= 0.6 is 0 Å². The zero-order valence-electron chi connectivity index (χ0n) is 18.5. The van der Waals surface area contributed by atoms with E-state index in [9.17, 15) is 4.39 Å². The molecular weight excluding hydrogens is 395 g/mol. The van der Waals surface area contributed by atoms with Crippen molar-refractivity contribution in [3.8, 4) is 5.75 Å². The first kappa shape index (κ1) is 21.4. The van der Waals surface area contributed by atoms with Crippen molar-refractivity contribution in [2.45, 2.75) is 38.5 Å². The number of rotatable bonds is 4. The minimum absolute atomic E-state index is 0.0755. The first-order chi connectivity index (χ1) is 14.9. The van der Waals surface area contributed by atoms with E-state index in [1.165, 1.54) is 0 Å². The van der Waals surface area contributed by atoms with Crippen molar-refractivity contribution in [1.29, 1.82) is 0 Å². The number of nitrogens with one attached hydrogen (secondary N) is 2. The molecule has 2 heterocycles. The summed E-state index contributed by atoms with van der Waals surface area (Å²) in [4.78, 5) is 6.40. The molecule has 0 aromatic heterocycles. The first-order valence-corrected chi connectivity index (χ1v) is 10.8. The summed E-state index contributed by atoms with van der Waals surface area (Å²) in [6.07, 6.45) is 0.813. The predicted octanol–water partition coefficient (Wildman–Crippen LogP) is 3.63. The minimum atomic E-state index is -0.274. The second-order valence-electron chi connectivity index (χ2n) is 8.61. The molecular formula is C24H31FN4O2. The highest BCUT2D eigenvalue weighted by molar-refractivity contribution is 5.80. The summed E-state index contributed by atoms with van der Waals surface area (Å²) < 4.78 is 26.2. The van der Waals surface area contributed by atoms with Crippen LogP contribution in [0.3, 0.4) is 0 Å². The van der Waals surface area contributed by atoms with Gasteiger partial charge in [-0.1, -0.05) is 24.3 Å². The van der Waals surface area contributed by atoms with Gasteiger partial charge in [-0.25, -0.2) is 4.39 Å². The molecule has 6 nitrogen and oxygen atoms in total. The number of ether oxygens (including phenoxy) is 2. The molecule has 0 saturated carbocycles. The number of para-hydroxylation sites is 1. The van der Waals surface area contributed by atoms with Gasteiger partial charge < -0.3 is 25.0 Å². The molecule has 2 aromatic rings. The topological polar surface area (TPSA) is 58.1 Å². The molecule has 1 atom stereocenters. The summed E-state index contributed by atoms with van der Waals surface area (Å²) in [5.74, 6) is 1.37. The van der Waals surface area contributed by atoms with Gasteiger partial charge >= 0.3 is 0 Å². The summed E-state index contributed by atoms with van der Waals surface area (Å²) >= 11 is 0. The van der Waals surface area contributed by atoms with Crippen LogP contribution in [0.25, 0.3) is 0 Å². The maximum Gasteiger partial charge on any atom is 0.191 e. The number of morpholine rings is 1. The van der Waals surface area contributed by atoms with Gasteiger partial charge in [-0.15, -0.1) is 0 Å². The molecule has 2 aliphatic heterocycles. The number of hydrogen-bond donors (Lipinski definition) is 2. The molecule has 0 radical (unpaired) electrons. The number of anilines is 1. The normalized spacial score (nSPS) is 20.6. The molecule has 2 aliphatic rings. The van der Waals surface area contributed by atoms with Gasteiger partial charge in [0.15, 0.2) is 5.96 Å². The maximum absolute atomic E-state index is 14.7. The predicted molar refractivity (Wildman–Crippen MR) is 121 cm³/mol. The van der Waals surface area contributed by atoms with Gasteiger partial charge in [0, 0.05) is 38.7 Å². The van der Waals surface area contributed by atoms with Crippen LogP contribution in [0.2, 0.25) is 0 Å².